The largest absolute Gasteiger partial charge is 0.478 e. The zero-order chi connectivity index (χ0) is 24.9. The van der Waals surface area contributed by atoms with Crippen LogP contribution in [0.1, 0.15) is 43.2 Å². The Kier molecular flexibility index (Phi) is 8.15. The normalized spacial score (nSPS) is 22.1. The molecule has 3 unspecified atom stereocenters. The van der Waals surface area contributed by atoms with Gasteiger partial charge in [-0.2, -0.15) is 5.26 Å². The van der Waals surface area contributed by atoms with E-state index in [1.54, 1.807) is 30.0 Å². The highest BCUT2D eigenvalue weighted by Gasteiger charge is 2.39. The summed E-state index contributed by atoms with van der Waals surface area (Å²) in [6.45, 7) is 4.40. The van der Waals surface area contributed by atoms with Gasteiger partial charge in [0, 0.05) is 51.3 Å². The first kappa shape index (κ1) is 25.3. The molecule has 0 aliphatic carbocycles. The van der Waals surface area contributed by atoms with Gasteiger partial charge in [0.1, 0.15) is 6.07 Å². The Bertz CT molecular complexity index is 1120. The number of pyridine rings is 1. The second-order valence-corrected chi connectivity index (χ2v) is 10.0. The first-order valence-corrected chi connectivity index (χ1v) is 12.6. The van der Waals surface area contributed by atoms with Gasteiger partial charge in [-0.1, -0.05) is 29.3 Å². The molecule has 2 saturated heterocycles. The third kappa shape index (κ3) is 6.06. The third-order valence-electron chi connectivity index (χ3n) is 6.94. The Morgan fingerprint density at radius 3 is 2.66 bits per heavy atom. The van der Waals surface area contributed by atoms with Gasteiger partial charge in [-0.15, -0.1) is 0 Å². The van der Waals surface area contributed by atoms with Crippen LogP contribution < -0.4 is 4.74 Å². The van der Waals surface area contributed by atoms with Gasteiger partial charge in [0.15, 0.2) is 0 Å². The maximum absolute atomic E-state index is 13.4. The minimum Gasteiger partial charge on any atom is -0.478 e. The average molecular weight is 515 g/mol. The molecule has 2 amide bonds. The van der Waals surface area contributed by atoms with Gasteiger partial charge >= 0.3 is 0 Å². The smallest absolute Gasteiger partial charge is 0.227 e. The van der Waals surface area contributed by atoms with Crippen LogP contribution in [0.15, 0.2) is 36.5 Å². The lowest BCUT2D eigenvalue weighted by molar-refractivity contribution is -0.139. The monoisotopic (exact) mass is 514 g/mol. The van der Waals surface area contributed by atoms with Crippen molar-refractivity contribution in [1.82, 2.24) is 14.8 Å². The third-order valence-corrected chi connectivity index (χ3v) is 7.68. The molecule has 3 heterocycles. The number of nitriles is 1. The molecule has 0 radical (unpaired) electrons. The van der Waals surface area contributed by atoms with Gasteiger partial charge < -0.3 is 14.5 Å². The van der Waals surface area contributed by atoms with Crippen LogP contribution >= 0.6 is 23.2 Å². The van der Waals surface area contributed by atoms with Crippen molar-refractivity contribution in [3.63, 3.8) is 0 Å². The number of rotatable bonds is 6. The van der Waals surface area contributed by atoms with Crippen LogP contribution in [-0.4, -0.2) is 59.4 Å². The minimum atomic E-state index is -0.167. The Labute approximate surface area is 215 Å². The Morgan fingerprint density at radius 1 is 1.14 bits per heavy atom. The van der Waals surface area contributed by atoms with Gasteiger partial charge in [-0.25, -0.2) is 4.98 Å². The van der Waals surface area contributed by atoms with Crippen LogP contribution in [0, 0.1) is 23.2 Å². The number of nitrogens with zero attached hydrogens (tertiary/aromatic N) is 4. The van der Waals surface area contributed by atoms with Crippen LogP contribution in [0.5, 0.6) is 5.88 Å². The second-order valence-electron chi connectivity index (χ2n) is 9.22. The Morgan fingerprint density at radius 2 is 1.97 bits per heavy atom. The molecule has 0 N–H and O–H groups in total. The average Bonchev–Trinajstić information content (AvgIpc) is 3.30. The van der Waals surface area contributed by atoms with Crippen molar-refractivity contribution < 1.29 is 14.3 Å². The summed E-state index contributed by atoms with van der Waals surface area (Å²) in [5, 5.41) is 9.92. The number of ether oxygens (including phenoxy) is 1. The molecular formula is C26H28Cl2N4O3. The van der Waals surface area contributed by atoms with Gasteiger partial charge in [-0.05, 0) is 48.9 Å². The van der Waals surface area contributed by atoms with Crippen LogP contribution in [0.3, 0.4) is 0 Å². The molecule has 0 saturated carbocycles. The summed E-state index contributed by atoms with van der Waals surface area (Å²) in [7, 11) is 0. The molecule has 3 atom stereocenters. The highest BCUT2D eigenvalue weighted by atomic mass is 35.5. The summed E-state index contributed by atoms with van der Waals surface area (Å²) < 4.78 is 5.83. The molecular weight excluding hydrogens is 487 g/mol. The molecule has 1 aromatic carbocycles. The van der Waals surface area contributed by atoms with E-state index in [1.807, 2.05) is 23.1 Å². The van der Waals surface area contributed by atoms with Gasteiger partial charge in [-0.3, -0.25) is 9.59 Å². The van der Waals surface area contributed by atoms with E-state index in [0.717, 1.165) is 24.8 Å². The van der Waals surface area contributed by atoms with Crippen molar-refractivity contribution in [2.75, 3.05) is 32.8 Å². The van der Waals surface area contributed by atoms with Crippen molar-refractivity contribution >= 4 is 35.0 Å². The SMILES string of the molecule is CC(=O)N1CCCC(C(=O)N2CC(CCOc3ccc(C#N)cn3)C(c3ccc(Cl)c(Cl)c3)C2)C1. The lowest BCUT2D eigenvalue weighted by Crippen LogP contribution is -2.45. The quantitative estimate of drug-likeness (QED) is 0.565. The fourth-order valence-corrected chi connectivity index (χ4v) is 5.34. The molecule has 4 rings (SSSR count). The maximum atomic E-state index is 13.4. The maximum Gasteiger partial charge on any atom is 0.227 e. The molecule has 2 aliphatic rings. The summed E-state index contributed by atoms with van der Waals surface area (Å²) in [5.41, 5.74) is 1.53. The molecule has 0 spiro atoms. The van der Waals surface area contributed by atoms with Crippen LogP contribution in [-0.2, 0) is 9.59 Å². The Balaban J connectivity index is 1.46. The summed E-state index contributed by atoms with van der Waals surface area (Å²) >= 11 is 12.5. The number of carbonyl (C=O) groups excluding carboxylic acids is 2. The van der Waals surface area contributed by atoms with E-state index >= 15 is 0 Å². The molecule has 2 aliphatic heterocycles. The fourth-order valence-electron chi connectivity index (χ4n) is 5.03. The first-order valence-electron chi connectivity index (χ1n) is 11.8. The molecule has 2 aromatic rings. The van der Waals surface area contributed by atoms with Gasteiger partial charge in [0.25, 0.3) is 0 Å². The molecule has 184 valence electrons. The number of carbonyl (C=O) groups is 2. The zero-order valence-corrected chi connectivity index (χ0v) is 21.1. The predicted octanol–water partition coefficient (Wildman–Crippen LogP) is 4.53. The summed E-state index contributed by atoms with van der Waals surface area (Å²) in [5.74, 6) is 0.690. The number of likely N-dealkylation sites (tertiary alicyclic amines) is 2. The van der Waals surface area contributed by atoms with Crippen LogP contribution in [0.4, 0.5) is 0 Å². The van der Waals surface area contributed by atoms with E-state index in [1.165, 1.54) is 6.20 Å². The number of halogens is 2. The van der Waals surface area contributed by atoms with E-state index < -0.39 is 0 Å². The fraction of sp³-hybridized carbons (Fsp3) is 0.462. The lowest BCUT2D eigenvalue weighted by atomic mass is 9.87. The van der Waals surface area contributed by atoms with E-state index in [9.17, 15) is 9.59 Å². The molecule has 0 bridgehead atoms. The number of aromatic nitrogens is 1. The van der Waals surface area contributed by atoms with Crippen molar-refractivity contribution in [3.8, 4) is 11.9 Å². The molecule has 7 nitrogen and oxygen atoms in total. The predicted molar refractivity (Wildman–Crippen MR) is 133 cm³/mol. The number of hydrogen-bond donors (Lipinski definition) is 0. The molecule has 35 heavy (non-hydrogen) atoms. The van der Waals surface area contributed by atoms with Gasteiger partial charge in [0.05, 0.1) is 28.1 Å². The number of benzene rings is 1. The number of hydrogen-bond acceptors (Lipinski definition) is 5. The topological polar surface area (TPSA) is 86.5 Å². The summed E-state index contributed by atoms with van der Waals surface area (Å²) in [6, 6.07) is 11.1. The van der Waals surface area contributed by atoms with Crippen molar-refractivity contribution in [1.29, 1.82) is 5.26 Å². The highest BCUT2D eigenvalue weighted by Crippen LogP contribution is 2.38. The number of amides is 2. The number of piperidine rings is 1. The Hall–Kier alpha value is -2.82. The molecule has 9 heteroatoms. The van der Waals surface area contributed by atoms with E-state index in [0.29, 0.717) is 54.3 Å². The van der Waals surface area contributed by atoms with Crippen LogP contribution in [0.25, 0.3) is 0 Å². The van der Waals surface area contributed by atoms with E-state index in [-0.39, 0.29) is 29.6 Å². The highest BCUT2D eigenvalue weighted by molar-refractivity contribution is 6.42. The van der Waals surface area contributed by atoms with Crippen molar-refractivity contribution in [2.45, 2.75) is 32.1 Å². The molecule has 2 fully saturated rings. The second kappa shape index (κ2) is 11.3. The summed E-state index contributed by atoms with van der Waals surface area (Å²) in [4.78, 5) is 33.2. The molecule has 1 aromatic heterocycles. The van der Waals surface area contributed by atoms with E-state index in [2.05, 4.69) is 4.98 Å². The zero-order valence-electron chi connectivity index (χ0n) is 19.6. The summed E-state index contributed by atoms with van der Waals surface area (Å²) in [6.07, 6.45) is 3.85. The van der Waals surface area contributed by atoms with E-state index in [4.69, 9.17) is 33.2 Å². The lowest BCUT2D eigenvalue weighted by Gasteiger charge is -2.33. The van der Waals surface area contributed by atoms with Crippen molar-refractivity contribution in [2.24, 2.45) is 11.8 Å². The van der Waals surface area contributed by atoms with Crippen LogP contribution in [0.2, 0.25) is 10.0 Å². The minimum absolute atomic E-state index is 0.0176. The first-order chi connectivity index (χ1) is 16.9. The van der Waals surface area contributed by atoms with Gasteiger partial charge in [0.2, 0.25) is 17.7 Å². The van der Waals surface area contributed by atoms with Crippen molar-refractivity contribution in [3.05, 3.63) is 57.7 Å². The standard InChI is InChI=1S/C26H28Cl2N4O3/c1-17(33)31-9-2-3-21(15-31)26(34)32-14-20(8-10-35-25-7-4-18(12-29)13-30-25)22(16-32)19-5-6-23(27)24(28)11-19/h4-7,11,13,20-22H,2-3,8-10,14-16H2,1H3.